The van der Waals surface area contributed by atoms with Crippen molar-refractivity contribution in [2.45, 2.75) is 13.3 Å². The molecular weight excluding hydrogens is 270 g/mol. The smallest absolute Gasteiger partial charge is 0.139 e. The quantitative estimate of drug-likeness (QED) is 0.941. The number of benzene rings is 1. The standard InChI is InChI=1S/C12H12BrNO2/c1-8-6-9(2-3-11(8)13)12-7-10(4-5-15)16-14-12/h2-3,6-7,15H,4-5H2,1H3. The minimum absolute atomic E-state index is 0.0774. The van der Waals surface area contributed by atoms with Gasteiger partial charge in [0.25, 0.3) is 0 Å². The molecule has 2 aromatic rings. The van der Waals surface area contributed by atoms with Gasteiger partial charge in [-0.3, -0.25) is 0 Å². The number of hydrogen-bond donors (Lipinski definition) is 1. The van der Waals surface area contributed by atoms with E-state index in [2.05, 4.69) is 21.1 Å². The molecule has 1 aromatic carbocycles. The van der Waals surface area contributed by atoms with Crippen LogP contribution in [-0.2, 0) is 6.42 Å². The molecule has 0 aliphatic carbocycles. The molecule has 1 aromatic heterocycles. The third kappa shape index (κ3) is 2.33. The first-order chi connectivity index (χ1) is 7.70. The highest BCUT2D eigenvalue weighted by Gasteiger charge is 2.07. The Morgan fingerprint density at radius 3 is 2.88 bits per heavy atom. The average Bonchev–Trinajstić information content (AvgIpc) is 2.71. The lowest BCUT2D eigenvalue weighted by Crippen LogP contribution is -1.86. The molecule has 0 saturated carbocycles. The van der Waals surface area contributed by atoms with Gasteiger partial charge in [-0.25, -0.2) is 0 Å². The van der Waals surface area contributed by atoms with Crippen molar-refractivity contribution in [1.29, 1.82) is 0 Å². The minimum Gasteiger partial charge on any atom is -0.396 e. The van der Waals surface area contributed by atoms with E-state index in [0.29, 0.717) is 12.2 Å². The van der Waals surface area contributed by atoms with Gasteiger partial charge in [0, 0.05) is 22.5 Å². The van der Waals surface area contributed by atoms with E-state index >= 15 is 0 Å². The van der Waals surface area contributed by atoms with Crippen molar-refractivity contribution in [3.8, 4) is 11.3 Å². The highest BCUT2D eigenvalue weighted by Crippen LogP contribution is 2.24. The zero-order valence-electron chi connectivity index (χ0n) is 8.90. The van der Waals surface area contributed by atoms with Crippen molar-refractivity contribution < 1.29 is 9.63 Å². The fourth-order valence-electron chi connectivity index (χ4n) is 1.48. The molecule has 84 valence electrons. The molecule has 0 unspecified atom stereocenters. The van der Waals surface area contributed by atoms with Crippen molar-refractivity contribution >= 4 is 15.9 Å². The molecule has 0 aliphatic rings. The lowest BCUT2D eigenvalue weighted by molar-refractivity contribution is 0.277. The van der Waals surface area contributed by atoms with E-state index in [9.17, 15) is 0 Å². The molecule has 3 nitrogen and oxygen atoms in total. The Bertz CT molecular complexity index is 494. The first-order valence-electron chi connectivity index (χ1n) is 5.03. The average molecular weight is 282 g/mol. The Hall–Kier alpha value is -1.13. The third-order valence-electron chi connectivity index (χ3n) is 2.37. The van der Waals surface area contributed by atoms with Gasteiger partial charge >= 0.3 is 0 Å². The molecule has 0 saturated heterocycles. The fraction of sp³-hybridized carbons (Fsp3) is 0.250. The largest absolute Gasteiger partial charge is 0.396 e. The SMILES string of the molecule is Cc1cc(-c2cc(CCO)on2)ccc1Br. The van der Waals surface area contributed by atoms with Crippen LogP contribution in [0.4, 0.5) is 0 Å². The summed E-state index contributed by atoms with van der Waals surface area (Å²) in [6, 6.07) is 7.88. The van der Waals surface area contributed by atoms with Crippen molar-refractivity contribution in [1.82, 2.24) is 5.16 Å². The third-order valence-corrected chi connectivity index (χ3v) is 3.26. The van der Waals surface area contributed by atoms with Crippen LogP contribution in [0.3, 0.4) is 0 Å². The zero-order chi connectivity index (χ0) is 11.5. The Kier molecular flexibility index (Phi) is 3.41. The molecule has 0 amide bonds. The molecule has 0 bridgehead atoms. The lowest BCUT2D eigenvalue weighted by Gasteiger charge is -2.00. The van der Waals surface area contributed by atoms with E-state index in [0.717, 1.165) is 21.3 Å². The van der Waals surface area contributed by atoms with Crippen molar-refractivity contribution in [2.75, 3.05) is 6.61 Å². The van der Waals surface area contributed by atoms with Crippen LogP contribution in [0.2, 0.25) is 0 Å². The zero-order valence-corrected chi connectivity index (χ0v) is 10.5. The first kappa shape index (κ1) is 11.4. The highest BCUT2D eigenvalue weighted by molar-refractivity contribution is 9.10. The van der Waals surface area contributed by atoms with Crippen molar-refractivity contribution in [3.63, 3.8) is 0 Å². The van der Waals surface area contributed by atoms with Crippen LogP contribution >= 0.6 is 15.9 Å². The van der Waals surface area contributed by atoms with E-state index in [1.807, 2.05) is 31.2 Å². The second-order valence-electron chi connectivity index (χ2n) is 3.62. The predicted molar refractivity (Wildman–Crippen MR) is 65.2 cm³/mol. The van der Waals surface area contributed by atoms with Crippen LogP contribution in [0.5, 0.6) is 0 Å². The summed E-state index contributed by atoms with van der Waals surface area (Å²) in [4.78, 5) is 0. The molecule has 1 N–H and O–H groups in total. The number of rotatable bonds is 3. The van der Waals surface area contributed by atoms with Crippen LogP contribution in [0.25, 0.3) is 11.3 Å². The van der Waals surface area contributed by atoms with Gasteiger partial charge in [-0.05, 0) is 24.6 Å². The van der Waals surface area contributed by atoms with E-state index in [1.165, 1.54) is 0 Å². The van der Waals surface area contributed by atoms with Crippen LogP contribution in [0.15, 0.2) is 33.3 Å². The predicted octanol–water partition coefficient (Wildman–Crippen LogP) is 2.95. The summed E-state index contributed by atoms with van der Waals surface area (Å²) in [6.07, 6.45) is 0.502. The van der Waals surface area contributed by atoms with Gasteiger partial charge in [-0.1, -0.05) is 27.2 Å². The van der Waals surface area contributed by atoms with Gasteiger partial charge in [-0.15, -0.1) is 0 Å². The van der Waals surface area contributed by atoms with E-state index in [1.54, 1.807) is 0 Å². The van der Waals surface area contributed by atoms with Crippen LogP contribution in [0.1, 0.15) is 11.3 Å². The molecule has 0 spiro atoms. The number of aliphatic hydroxyl groups excluding tert-OH is 1. The molecule has 4 heteroatoms. The van der Waals surface area contributed by atoms with Crippen molar-refractivity contribution in [3.05, 3.63) is 40.1 Å². The lowest BCUT2D eigenvalue weighted by atomic mass is 10.1. The maximum atomic E-state index is 8.79. The summed E-state index contributed by atoms with van der Waals surface area (Å²) >= 11 is 3.46. The second-order valence-corrected chi connectivity index (χ2v) is 4.47. The van der Waals surface area contributed by atoms with Crippen molar-refractivity contribution in [2.24, 2.45) is 0 Å². The van der Waals surface area contributed by atoms with Crippen LogP contribution in [-0.4, -0.2) is 16.9 Å². The minimum atomic E-state index is 0.0774. The van der Waals surface area contributed by atoms with Gasteiger partial charge in [0.15, 0.2) is 0 Å². The molecular formula is C12H12BrNO2. The summed E-state index contributed by atoms with van der Waals surface area (Å²) in [6.45, 7) is 2.11. The molecule has 0 fully saturated rings. The Balaban J connectivity index is 2.31. The normalized spacial score (nSPS) is 10.7. The summed E-state index contributed by atoms with van der Waals surface area (Å²) in [5, 5.41) is 12.8. The van der Waals surface area contributed by atoms with Gasteiger partial charge in [0.2, 0.25) is 0 Å². The monoisotopic (exact) mass is 281 g/mol. The number of nitrogens with zero attached hydrogens (tertiary/aromatic N) is 1. The van der Waals surface area contributed by atoms with Gasteiger partial charge < -0.3 is 9.63 Å². The fourth-order valence-corrected chi connectivity index (χ4v) is 1.73. The summed E-state index contributed by atoms with van der Waals surface area (Å²) in [5.41, 5.74) is 2.98. The maximum absolute atomic E-state index is 8.79. The molecule has 0 atom stereocenters. The summed E-state index contributed by atoms with van der Waals surface area (Å²) in [5.74, 6) is 0.707. The Labute approximate surface area is 102 Å². The van der Waals surface area contributed by atoms with E-state index in [-0.39, 0.29) is 6.61 Å². The Morgan fingerprint density at radius 2 is 2.19 bits per heavy atom. The number of hydrogen-bond acceptors (Lipinski definition) is 3. The number of aromatic nitrogens is 1. The molecule has 2 rings (SSSR count). The first-order valence-corrected chi connectivity index (χ1v) is 5.83. The second kappa shape index (κ2) is 4.80. The number of aliphatic hydroxyl groups is 1. The molecule has 0 radical (unpaired) electrons. The number of halogens is 1. The maximum Gasteiger partial charge on any atom is 0.139 e. The van der Waals surface area contributed by atoms with Gasteiger partial charge in [0.1, 0.15) is 11.5 Å². The number of aryl methyl sites for hydroxylation is 1. The van der Waals surface area contributed by atoms with Gasteiger partial charge in [0.05, 0.1) is 6.61 Å². The van der Waals surface area contributed by atoms with Crippen LogP contribution < -0.4 is 0 Å². The molecule has 16 heavy (non-hydrogen) atoms. The highest BCUT2D eigenvalue weighted by atomic mass is 79.9. The Morgan fingerprint density at radius 1 is 1.38 bits per heavy atom. The van der Waals surface area contributed by atoms with E-state index in [4.69, 9.17) is 9.63 Å². The van der Waals surface area contributed by atoms with Gasteiger partial charge in [-0.2, -0.15) is 0 Å². The summed E-state index contributed by atoms with van der Waals surface area (Å²) < 4.78 is 6.19. The van der Waals surface area contributed by atoms with E-state index < -0.39 is 0 Å². The molecule has 0 aliphatic heterocycles. The summed E-state index contributed by atoms with van der Waals surface area (Å²) in [7, 11) is 0. The topological polar surface area (TPSA) is 46.3 Å². The van der Waals surface area contributed by atoms with Crippen LogP contribution in [0, 0.1) is 6.92 Å². The molecule has 1 heterocycles.